The molecule has 0 N–H and O–H groups in total. The predicted molar refractivity (Wildman–Crippen MR) is 114 cm³/mol. The van der Waals surface area contributed by atoms with Crippen molar-refractivity contribution < 1.29 is 0 Å². The first-order chi connectivity index (χ1) is 13.2. The Morgan fingerprint density at radius 1 is 0.926 bits per heavy atom. The standard InChI is InChI=1S/C21H26Cl2N4/c22-19-7-5-8-20(21(19)23)25-16-14-24(15-17-25)10-3-4-11-26-13-9-18-6-1-2-12-27(18)26/h1-2,5-9,12H,3-4,10-11,13-17H2. The molecule has 0 saturated carbocycles. The van der Waals surface area contributed by atoms with Gasteiger partial charge in [-0.3, -0.25) is 9.91 Å². The van der Waals surface area contributed by atoms with Gasteiger partial charge in [0.1, 0.15) is 0 Å². The molecule has 0 atom stereocenters. The highest BCUT2D eigenvalue weighted by molar-refractivity contribution is 6.43. The van der Waals surface area contributed by atoms with Crippen LogP contribution in [0.15, 0.2) is 54.4 Å². The van der Waals surface area contributed by atoms with Gasteiger partial charge in [0.05, 0.1) is 21.4 Å². The molecule has 0 amide bonds. The van der Waals surface area contributed by atoms with E-state index in [0.29, 0.717) is 10.0 Å². The van der Waals surface area contributed by atoms with Gasteiger partial charge in [0.25, 0.3) is 0 Å². The number of allylic oxidation sites excluding steroid dienone is 3. The number of halogens is 2. The van der Waals surface area contributed by atoms with Gasteiger partial charge in [-0.05, 0) is 49.7 Å². The second-order valence-electron chi connectivity index (χ2n) is 7.20. The zero-order valence-corrected chi connectivity index (χ0v) is 17.0. The molecule has 3 heterocycles. The summed E-state index contributed by atoms with van der Waals surface area (Å²) in [7, 11) is 0. The van der Waals surface area contributed by atoms with Crippen molar-refractivity contribution in [1.82, 2.24) is 14.9 Å². The number of nitrogens with zero attached hydrogens (tertiary/aromatic N) is 4. The lowest BCUT2D eigenvalue weighted by molar-refractivity contribution is 0.0897. The number of benzene rings is 1. The Balaban J connectivity index is 1.17. The van der Waals surface area contributed by atoms with E-state index in [9.17, 15) is 0 Å². The van der Waals surface area contributed by atoms with E-state index in [1.165, 1.54) is 25.1 Å². The maximum Gasteiger partial charge on any atom is 0.0825 e. The molecule has 3 aliphatic heterocycles. The van der Waals surface area contributed by atoms with Gasteiger partial charge in [0.15, 0.2) is 0 Å². The number of rotatable bonds is 6. The lowest BCUT2D eigenvalue weighted by Gasteiger charge is -2.36. The SMILES string of the molecule is Clc1cccc(N2CCN(CCCCN3CC=C4C=CC=CN43)CC2)c1Cl. The Bertz CT molecular complexity index is 751. The lowest BCUT2D eigenvalue weighted by Crippen LogP contribution is -2.46. The fourth-order valence-electron chi connectivity index (χ4n) is 3.93. The number of hydrogen-bond acceptors (Lipinski definition) is 4. The maximum absolute atomic E-state index is 6.37. The zero-order valence-electron chi connectivity index (χ0n) is 15.5. The van der Waals surface area contributed by atoms with Crippen molar-refractivity contribution >= 4 is 28.9 Å². The van der Waals surface area contributed by atoms with Gasteiger partial charge >= 0.3 is 0 Å². The third-order valence-corrected chi connectivity index (χ3v) is 6.28. The maximum atomic E-state index is 6.37. The van der Waals surface area contributed by atoms with Crippen LogP contribution in [0.2, 0.25) is 10.0 Å². The molecule has 144 valence electrons. The van der Waals surface area contributed by atoms with Crippen molar-refractivity contribution in [2.24, 2.45) is 0 Å². The molecule has 1 aromatic carbocycles. The van der Waals surface area contributed by atoms with E-state index in [-0.39, 0.29) is 0 Å². The fraction of sp³-hybridized carbons (Fsp3) is 0.429. The molecule has 4 nitrogen and oxygen atoms in total. The molecule has 0 aromatic heterocycles. The van der Waals surface area contributed by atoms with E-state index >= 15 is 0 Å². The van der Waals surface area contributed by atoms with Gasteiger partial charge in [-0.25, -0.2) is 5.01 Å². The second-order valence-corrected chi connectivity index (χ2v) is 7.98. The zero-order chi connectivity index (χ0) is 18.6. The average molecular weight is 405 g/mol. The molecule has 6 heteroatoms. The highest BCUT2D eigenvalue weighted by Crippen LogP contribution is 2.32. The Morgan fingerprint density at radius 2 is 1.74 bits per heavy atom. The van der Waals surface area contributed by atoms with Crippen LogP contribution < -0.4 is 4.90 Å². The number of piperazine rings is 1. The summed E-state index contributed by atoms with van der Waals surface area (Å²) in [4.78, 5) is 4.91. The molecular formula is C21H26Cl2N4. The van der Waals surface area contributed by atoms with E-state index in [1.54, 1.807) is 0 Å². The summed E-state index contributed by atoms with van der Waals surface area (Å²) in [5, 5.41) is 5.99. The van der Waals surface area contributed by atoms with Crippen molar-refractivity contribution in [3.05, 3.63) is 64.4 Å². The van der Waals surface area contributed by atoms with Gasteiger partial charge in [-0.1, -0.05) is 35.3 Å². The van der Waals surface area contributed by atoms with Crippen molar-refractivity contribution in [3.8, 4) is 0 Å². The number of hydrazine groups is 1. The van der Waals surface area contributed by atoms with E-state index in [2.05, 4.69) is 56.4 Å². The van der Waals surface area contributed by atoms with Crippen LogP contribution in [0, 0.1) is 0 Å². The summed E-state index contributed by atoms with van der Waals surface area (Å²) in [5.41, 5.74) is 2.36. The largest absolute Gasteiger partial charge is 0.368 e. The number of unbranched alkanes of at least 4 members (excludes halogenated alkanes) is 1. The first kappa shape index (κ1) is 18.9. The van der Waals surface area contributed by atoms with Gasteiger partial charge < -0.3 is 4.90 Å². The van der Waals surface area contributed by atoms with Gasteiger partial charge in [0.2, 0.25) is 0 Å². The molecule has 0 bridgehead atoms. The van der Waals surface area contributed by atoms with E-state index in [1.807, 2.05) is 12.1 Å². The Labute approximate surface area is 171 Å². The van der Waals surface area contributed by atoms with Gasteiger partial charge in [0, 0.05) is 45.5 Å². The van der Waals surface area contributed by atoms with E-state index < -0.39 is 0 Å². The Hall–Kier alpha value is -1.46. The average Bonchev–Trinajstić information content (AvgIpc) is 3.11. The molecule has 4 rings (SSSR count). The van der Waals surface area contributed by atoms with Crippen molar-refractivity contribution in [3.63, 3.8) is 0 Å². The molecule has 1 saturated heterocycles. The summed E-state index contributed by atoms with van der Waals surface area (Å²) in [6.45, 7) is 7.46. The summed E-state index contributed by atoms with van der Waals surface area (Å²) >= 11 is 12.5. The summed E-state index contributed by atoms with van der Waals surface area (Å²) in [6.07, 6.45) is 13.3. The Morgan fingerprint density at radius 3 is 2.59 bits per heavy atom. The quantitative estimate of drug-likeness (QED) is 0.651. The van der Waals surface area contributed by atoms with E-state index in [0.717, 1.165) is 45.0 Å². The van der Waals surface area contributed by atoms with Gasteiger partial charge in [-0.15, -0.1) is 0 Å². The highest BCUT2D eigenvalue weighted by atomic mass is 35.5. The molecule has 1 fully saturated rings. The molecule has 0 unspecified atom stereocenters. The topological polar surface area (TPSA) is 13.0 Å². The molecule has 1 aromatic rings. The molecule has 27 heavy (non-hydrogen) atoms. The molecule has 0 spiro atoms. The van der Waals surface area contributed by atoms with Crippen LogP contribution in [0.4, 0.5) is 5.69 Å². The van der Waals surface area contributed by atoms with Gasteiger partial charge in [-0.2, -0.15) is 0 Å². The molecule has 0 radical (unpaired) electrons. The minimum atomic E-state index is 0.634. The highest BCUT2D eigenvalue weighted by Gasteiger charge is 2.22. The van der Waals surface area contributed by atoms with Crippen molar-refractivity contribution in [2.75, 3.05) is 50.7 Å². The lowest BCUT2D eigenvalue weighted by atomic mass is 10.2. The summed E-state index contributed by atoms with van der Waals surface area (Å²) in [5.74, 6) is 0. The number of fused-ring (bicyclic) bond motifs is 1. The van der Waals surface area contributed by atoms with Crippen LogP contribution in [-0.4, -0.2) is 60.7 Å². The van der Waals surface area contributed by atoms with Crippen LogP contribution in [0.1, 0.15) is 12.8 Å². The van der Waals surface area contributed by atoms with Crippen LogP contribution in [0.3, 0.4) is 0 Å². The third-order valence-electron chi connectivity index (χ3n) is 5.47. The first-order valence-corrected chi connectivity index (χ1v) is 10.5. The predicted octanol–water partition coefficient (Wildman–Crippen LogP) is 4.40. The van der Waals surface area contributed by atoms with Crippen LogP contribution in [-0.2, 0) is 0 Å². The fourth-order valence-corrected chi connectivity index (χ4v) is 4.35. The Kier molecular flexibility index (Phi) is 6.08. The third kappa shape index (κ3) is 4.35. The number of hydrogen-bond donors (Lipinski definition) is 0. The smallest absolute Gasteiger partial charge is 0.0825 e. The molecule has 3 aliphatic rings. The normalized spacial score (nSPS) is 20.3. The minimum absolute atomic E-state index is 0.634. The molecule has 0 aliphatic carbocycles. The van der Waals surface area contributed by atoms with Crippen molar-refractivity contribution in [2.45, 2.75) is 12.8 Å². The second kappa shape index (κ2) is 8.70. The monoisotopic (exact) mass is 404 g/mol. The summed E-state index contributed by atoms with van der Waals surface area (Å²) < 4.78 is 0. The van der Waals surface area contributed by atoms with Crippen LogP contribution in [0.5, 0.6) is 0 Å². The number of anilines is 1. The first-order valence-electron chi connectivity index (χ1n) is 9.73. The van der Waals surface area contributed by atoms with Crippen LogP contribution in [0.25, 0.3) is 0 Å². The van der Waals surface area contributed by atoms with E-state index in [4.69, 9.17) is 23.2 Å². The van der Waals surface area contributed by atoms with Crippen LogP contribution >= 0.6 is 23.2 Å². The molecular weight excluding hydrogens is 379 g/mol. The minimum Gasteiger partial charge on any atom is -0.368 e. The summed E-state index contributed by atoms with van der Waals surface area (Å²) in [6, 6.07) is 5.88. The van der Waals surface area contributed by atoms with Crippen molar-refractivity contribution in [1.29, 1.82) is 0 Å².